The predicted octanol–water partition coefficient (Wildman–Crippen LogP) is -0.207. The van der Waals surface area contributed by atoms with Gasteiger partial charge in [0, 0.05) is 6.26 Å². The van der Waals surface area contributed by atoms with Gasteiger partial charge in [0.2, 0.25) is 0 Å². The van der Waals surface area contributed by atoms with Gasteiger partial charge in [0.1, 0.15) is 0 Å². The molecule has 72 valence electrons. The third kappa shape index (κ3) is 2.82. The smallest absolute Gasteiger partial charge is 0.358 e. The standard InChI is InChI=1S/C5H7N3O4S/c1-13(11,12)4-7-3-2-5(6-7)8(9)10/h2-3H,4H2,1H3. The van der Waals surface area contributed by atoms with Crippen LogP contribution in [0.1, 0.15) is 0 Å². The van der Waals surface area contributed by atoms with Crippen molar-refractivity contribution in [2.45, 2.75) is 5.88 Å². The average Bonchev–Trinajstić information content (AvgIpc) is 2.31. The van der Waals surface area contributed by atoms with Crippen molar-refractivity contribution in [3.05, 3.63) is 22.4 Å². The predicted molar refractivity (Wildman–Crippen MR) is 43.7 cm³/mol. The SMILES string of the molecule is CS(=O)(=O)Cn1ccc([N+](=O)[O-])n1. The first-order valence-corrected chi connectivity index (χ1v) is 5.30. The van der Waals surface area contributed by atoms with Crippen LogP contribution in [0.5, 0.6) is 0 Å². The molecule has 1 aromatic rings. The molecule has 0 atom stereocenters. The van der Waals surface area contributed by atoms with E-state index in [1.807, 2.05) is 0 Å². The minimum absolute atomic E-state index is 0.346. The molecule has 1 aromatic heterocycles. The summed E-state index contributed by atoms with van der Waals surface area (Å²) in [5, 5.41) is 13.6. The number of nitro groups is 1. The minimum atomic E-state index is -3.21. The number of sulfone groups is 1. The highest BCUT2D eigenvalue weighted by molar-refractivity contribution is 7.89. The Bertz CT molecular complexity index is 421. The highest BCUT2D eigenvalue weighted by Crippen LogP contribution is 2.05. The van der Waals surface area contributed by atoms with Gasteiger partial charge in [0.25, 0.3) is 0 Å². The van der Waals surface area contributed by atoms with E-state index in [1.54, 1.807) is 0 Å². The van der Waals surface area contributed by atoms with Crippen molar-refractivity contribution in [2.24, 2.45) is 0 Å². The Morgan fingerprint density at radius 3 is 2.69 bits per heavy atom. The van der Waals surface area contributed by atoms with Crippen molar-refractivity contribution in [3.63, 3.8) is 0 Å². The van der Waals surface area contributed by atoms with Crippen LogP contribution in [0.25, 0.3) is 0 Å². The van der Waals surface area contributed by atoms with Crippen molar-refractivity contribution in [1.82, 2.24) is 9.78 Å². The van der Waals surface area contributed by atoms with E-state index < -0.39 is 14.8 Å². The van der Waals surface area contributed by atoms with Crippen molar-refractivity contribution < 1.29 is 13.3 Å². The van der Waals surface area contributed by atoms with Crippen LogP contribution in [0.3, 0.4) is 0 Å². The summed E-state index contributed by atoms with van der Waals surface area (Å²) in [5.41, 5.74) is 0. The molecule has 7 nitrogen and oxygen atoms in total. The molecule has 0 aliphatic carbocycles. The van der Waals surface area contributed by atoms with Crippen LogP contribution in [0.2, 0.25) is 0 Å². The van der Waals surface area contributed by atoms with Crippen LogP contribution in [0.4, 0.5) is 5.82 Å². The van der Waals surface area contributed by atoms with E-state index in [2.05, 4.69) is 5.10 Å². The summed E-state index contributed by atoms with van der Waals surface area (Å²) < 4.78 is 22.5. The lowest BCUT2D eigenvalue weighted by Gasteiger charge is -1.91. The zero-order chi connectivity index (χ0) is 10.1. The quantitative estimate of drug-likeness (QED) is 0.502. The second-order valence-corrected chi connectivity index (χ2v) is 4.64. The van der Waals surface area contributed by atoms with Crippen LogP contribution in [-0.4, -0.2) is 29.4 Å². The first kappa shape index (κ1) is 9.65. The molecule has 0 N–H and O–H groups in total. The number of nitrogens with zero attached hydrogens (tertiary/aromatic N) is 3. The van der Waals surface area contributed by atoms with Gasteiger partial charge in [-0.05, 0) is 4.92 Å². The molecular formula is C5H7N3O4S. The topological polar surface area (TPSA) is 95.1 Å². The first-order valence-electron chi connectivity index (χ1n) is 3.24. The molecule has 0 saturated carbocycles. The Morgan fingerprint density at radius 1 is 1.69 bits per heavy atom. The van der Waals surface area contributed by atoms with Crippen LogP contribution in [0.15, 0.2) is 12.3 Å². The van der Waals surface area contributed by atoms with Gasteiger partial charge in [-0.1, -0.05) is 0 Å². The summed E-state index contributed by atoms with van der Waals surface area (Å²) in [6.45, 7) is 0. The van der Waals surface area contributed by atoms with E-state index in [9.17, 15) is 18.5 Å². The average molecular weight is 205 g/mol. The maximum absolute atomic E-state index is 10.7. The van der Waals surface area contributed by atoms with Crippen molar-refractivity contribution in [1.29, 1.82) is 0 Å². The molecule has 0 saturated heterocycles. The zero-order valence-electron chi connectivity index (χ0n) is 6.74. The van der Waals surface area contributed by atoms with Crippen molar-refractivity contribution >= 4 is 15.7 Å². The number of hydrogen-bond donors (Lipinski definition) is 0. The van der Waals surface area contributed by atoms with Gasteiger partial charge in [-0.3, -0.25) is 0 Å². The Morgan fingerprint density at radius 2 is 2.31 bits per heavy atom. The fourth-order valence-corrected chi connectivity index (χ4v) is 1.38. The second kappa shape index (κ2) is 3.13. The lowest BCUT2D eigenvalue weighted by Crippen LogP contribution is -2.09. The summed E-state index contributed by atoms with van der Waals surface area (Å²) in [4.78, 5) is 9.48. The fraction of sp³-hybridized carbons (Fsp3) is 0.400. The highest BCUT2D eigenvalue weighted by Gasteiger charge is 2.13. The molecule has 0 unspecified atom stereocenters. The molecule has 13 heavy (non-hydrogen) atoms. The second-order valence-electron chi connectivity index (χ2n) is 2.53. The molecule has 1 rings (SSSR count). The van der Waals surface area contributed by atoms with Gasteiger partial charge in [-0.2, -0.15) is 4.68 Å². The number of hydrogen-bond acceptors (Lipinski definition) is 5. The Labute approximate surface area is 74.0 Å². The van der Waals surface area contributed by atoms with Crippen molar-refractivity contribution in [2.75, 3.05) is 6.26 Å². The lowest BCUT2D eigenvalue weighted by atomic mass is 10.7. The van der Waals surface area contributed by atoms with E-state index in [0.717, 1.165) is 17.0 Å². The van der Waals surface area contributed by atoms with Gasteiger partial charge in [-0.15, -0.1) is 0 Å². The van der Waals surface area contributed by atoms with E-state index >= 15 is 0 Å². The van der Waals surface area contributed by atoms with Crippen LogP contribution < -0.4 is 0 Å². The maximum Gasteiger partial charge on any atom is 0.389 e. The first-order chi connectivity index (χ1) is 5.88. The molecule has 0 radical (unpaired) electrons. The highest BCUT2D eigenvalue weighted by atomic mass is 32.2. The molecule has 0 spiro atoms. The molecule has 1 heterocycles. The van der Waals surface area contributed by atoms with Gasteiger partial charge in [0.05, 0.1) is 17.4 Å². The third-order valence-corrected chi connectivity index (χ3v) is 1.91. The number of rotatable bonds is 3. The fourth-order valence-electron chi connectivity index (χ4n) is 0.761. The summed E-state index contributed by atoms with van der Waals surface area (Å²) >= 11 is 0. The monoisotopic (exact) mass is 205 g/mol. The van der Waals surface area contributed by atoms with E-state index in [4.69, 9.17) is 0 Å². The Hall–Kier alpha value is -1.44. The largest absolute Gasteiger partial charge is 0.389 e. The third-order valence-electron chi connectivity index (χ3n) is 1.18. The van der Waals surface area contributed by atoms with E-state index in [-0.39, 0.29) is 11.7 Å². The van der Waals surface area contributed by atoms with Crippen LogP contribution in [0, 0.1) is 10.1 Å². The maximum atomic E-state index is 10.7. The van der Waals surface area contributed by atoms with Crippen LogP contribution >= 0.6 is 0 Å². The molecular weight excluding hydrogens is 198 g/mol. The van der Waals surface area contributed by atoms with Gasteiger partial charge in [0.15, 0.2) is 15.7 Å². The van der Waals surface area contributed by atoms with Gasteiger partial charge >= 0.3 is 5.82 Å². The molecule has 0 fully saturated rings. The van der Waals surface area contributed by atoms with Crippen LogP contribution in [-0.2, 0) is 15.7 Å². The summed E-state index contributed by atoms with van der Waals surface area (Å²) in [6.07, 6.45) is 2.28. The summed E-state index contributed by atoms with van der Waals surface area (Å²) in [5.74, 6) is -0.704. The minimum Gasteiger partial charge on any atom is -0.358 e. The van der Waals surface area contributed by atoms with E-state index in [1.165, 1.54) is 6.20 Å². The molecule has 8 heteroatoms. The Balaban J connectivity index is 2.87. The molecule has 0 aromatic carbocycles. The van der Waals surface area contributed by atoms with Gasteiger partial charge < -0.3 is 10.1 Å². The molecule has 0 bridgehead atoms. The Kier molecular flexibility index (Phi) is 2.32. The normalized spacial score (nSPS) is 11.5. The molecule has 0 amide bonds. The van der Waals surface area contributed by atoms with Crippen molar-refractivity contribution in [3.8, 4) is 0 Å². The summed E-state index contributed by atoms with van der Waals surface area (Å²) in [7, 11) is -3.21. The zero-order valence-corrected chi connectivity index (χ0v) is 7.56. The molecule has 0 aliphatic rings. The molecule has 0 aliphatic heterocycles. The van der Waals surface area contributed by atoms with Gasteiger partial charge in [-0.25, -0.2) is 8.42 Å². The lowest BCUT2D eigenvalue weighted by molar-refractivity contribution is -0.389. The number of aromatic nitrogens is 2. The summed E-state index contributed by atoms with van der Waals surface area (Å²) in [6, 6.07) is 1.14. The van der Waals surface area contributed by atoms with E-state index in [0.29, 0.717) is 0 Å².